The Balaban J connectivity index is 1.74. The Labute approximate surface area is 184 Å². The summed E-state index contributed by atoms with van der Waals surface area (Å²) < 4.78 is 12.5. The van der Waals surface area contributed by atoms with E-state index in [4.69, 9.17) is 20.2 Å². The van der Waals surface area contributed by atoms with E-state index in [1.165, 1.54) is 0 Å². The normalized spacial score (nSPS) is 18.8. The summed E-state index contributed by atoms with van der Waals surface area (Å²) in [6.45, 7) is 4.88. The first-order valence-electron chi connectivity index (χ1n) is 10.9. The monoisotopic (exact) mass is 435 g/mol. The third-order valence-corrected chi connectivity index (χ3v) is 6.52. The summed E-state index contributed by atoms with van der Waals surface area (Å²) in [5.41, 5.74) is 8.31. The Kier molecular flexibility index (Phi) is 4.79. The van der Waals surface area contributed by atoms with Crippen LogP contribution in [0.15, 0.2) is 29.1 Å². The van der Waals surface area contributed by atoms with Crippen molar-refractivity contribution in [1.82, 2.24) is 9.55 Å². The van der Waals surface area contributed by atoms with Crippen LogP contribution >= 0.6 is 0 Å². The third kappa shape index (κ3) is 2.79. The van der Waals surface area contributed by atoms with Crippen molar-refractivity contribution < 1.29 is 19.4 Å². The number of ether oxygens (including phenoxy) is 2. The van der Waals surface area contributed by atoms with E-state index in [9.17, 15) is 14.7 Å². The van der Waals surface area contributed by atoms with E-state index < -0.39 is 11.6 Å². The minimum Gasteiger partial charge on any atom is -0.492 e. The van der Waals surface area contributed by atoms with Crippen LogP contribution in [0.1, 0.15) is 42.5 Å². The van der Waals surface area contributed by atoms with Gasteiger partial charge in [-0.1, -0.05) is 13.8 Å². The van der Waals surface area contributed by atoms with Gasteiger partial charge in [-0.05, 0) is 42.7 Å². The van der Waals surface area contributed by atoms with Crippen molar-refractivity contribution in [2.45, 2.75) is 45.4 Å². The second-order valence-electron chi connectivity index (χ2n) is 8.19. The summed E-state index contributed by atoms with van der Waals surface area (Å²) in [6, 6.07) is 7.47. The Hall–Kier alpha value is -3.23. The molecule has 2 aliphatic rings. The molecule has 3 aromatic rings. The van der Waals surface area contributed by atoms with E-state index in [0.717, 1.165) is 34.2 Å². The Morgan fingerprint density at radius 3 is 2.78 bits per heavy atom. The third-order valence-electron chi connectivity index (χ3n) is 6.52. The average Bonchev–Trinajstić information content (AvgIpc) is 3.17. The number of aliphatic hydroxyl groups is 1. The molecule has 1 atom stereocenters. The number of pyridine rings is 2. The molecule has 0 saturated carbocycles. The Bertz CT molecular complexity index is 1330. The fourth-order valence-electron chi connectivity index (χ4n) is 4.81. The van der Waals surface area contributed by atoms with Gasteiger partial charge in [-0.3, -0.25) is 4.79 Å². The highest BCUT2D eigenvalue weighted by Gasteiger charge is 2.45. The van der Waals surface area contributed by atoms with Crippen LogP contribution < -0.4 is 16.0 Å². The highest BCUT2D eigenvalue weighted by atomic mass is 16.6. The fourth-order valence-corrected chi connectivity index (χ4v) is 4.81. The van der Waals surface area contributed by atoms with Crippen LogP contribution in [0.4, 0.5) is 0 Å². The molecule has 0 aliphatic carbocycles. The first-order chi connectivity index (χ1) is 15.4. The molecule has 166 valence electrons. The van der Waals surface area contributed by atoms with Gasteiger partial charge in [0.05, 0.1) is 29.0 Å². The average molecular weight is 435 g/mol. The number of cyclic esters (lactones) is 1. The molecule has 2 aliphatic heterocycles. The number of aromatic nitrogens is 2. The zero-order chi connectivity index (χ0) is 22.6. The number of fused-ring (bicyclic) bond motifs is 5. The predicted octanol–water partition coefficient (Wildman–Crippen LogP) is 1.98. The lowest BCUT2D eigenvalue weighted by Crippen LogP contribution is -2.44. The van der Waals surface area contributed by atoms with Gasteiger partial charge in [0, 0.05) is 23.1 Å². The van der Waals surface area contributed by atoms with Gasteiger partial charge in [0.25, 0.3) is 5.56 Å². The van der Waals surface area contributed by atoms with Gasteiger partial charge in [-0.2, -0.15) is 0 Å². The molecule has 32 heavy (non-hydrogen) atoms. The number of aryl methyl sites for hydroxylation is 1. The summed E-state index contributed by atoms with van der Waals surface area (Å²) >= 11 is 0. The summed E-state index contributed by atoms with van der Waals surface area (Å²) in [5.74, 6) is 0.00649. The summed E-state index contributed by atoms with van der Waals surface area (Å²) in [6.07, 6.45) is 0.871. The van der Waals surface area contributed by atoms with E-state index in [-0.39, 0.29) is 18.6 Å². The molecule has 8 heteroatoms. The topological polar surface area (TPSA) is 117 Å². The van der Waals surface area contributed by atoms with Crippen molar-refractivity contribution in [1.29, 1.82) is 0 Å². The molecule has 0 radical (unpaired) electrons. The highest BCUT2D eigenvalue weighted by molar-refractivity contribution is 5.90. The zero-order valence-corrected chi connectivity index (χ0v) is 18.1. The number of hydrogen-bond acceptors (Lipinski definition) is 7. The molecule has 3 N–H and O–H groups in total. The summed E-state index contributed by atoms with van der Waals surface area (Å²) in [7, 11) is 0. The number of benzene rings is 1. The maximum Gasteiger partial charge on any atom is 0.343 e. The van der Waals surface area contributed by atoms with Gasteiger partial charge in [0.2, 0.25) is 0 Å². The zero-order valence-electron chi connectivity index (χ0n) is 18.1. The number of esters is 1. The lowest BCUT2D eigenvalue weighted by atomic mass is 9.86. The van der Waals surface area contributed by atoms with Gasteiger partial charge >= 0.3 is 5.97 Å². The van der Waals surface area contributed by atoms with Gasteiger partial charge in [0.1, 0.15) is 19.0 Å². The van der Waals surface area contributed by atoms with Gasteiger partial charge in [0.15, 0.2) is 5.60 Å². The smallest absolute Gasteiger partial charge is 0.343 e. The van der Waals surface area contributed by atoms with Crippen LogP contribution in [0.5, 0.6) is 5.75 Å². The maximum absolute atomic E-state index is 13.4. The van der Waals surface area contributed by atoms with Crippen LogP contribution in [0, 0.1) is 0 Å². The van der Waals surface area contributed by atoms with Crippen molar-refractivity contribution in [2.75, 3.05) is 13.2 Å². The van der Waals surface area contributed by atoms with E-state index in [2.05, 4.69) is 6.92 Å². The standard InChI is InChI=1S/C24H25N3O5/c1-3-14-15-9-13(31-8-7-25)5-6-19(15)26-21-16(14)11-27-20(21)10-18-17(22(27)28)12-32-23(29)24(18,30)4-2/h5-6,9-10,30H,3-4,7-8,11-12,25H2,1-2H3/t24-/m0/s1. The van der Waals surface area contributed by atoms with Crippen LogP contribution in [-0.2, 0) is 34.7 Å². The first kappa shape index (κ1) is 20.7. The minimum atomic E-state index is -1.83. The molecular weight excluding hydrogens is 410 g/mol. The predicted molar refractivity (Wildman–Crippen MR) is 118 cm³/mol. The van der Waals surface area contributed by atoms with Crippen molar-refractivity contribution in [2.24, 2.45) is 5.73 Å². The van der Waals surface area contributed by atoms with Crippen LogP contribution in [0.2, 0.25) is 0 Å². The SMILES string of the molecule is CCc1c2c(nc3ccc(OCCN)cc13)-c1cc3c(c(=O)n1C2)COC(=O)[C@]3(O)CC. The number of carbonyl (C=O) groups excluding carboxylic acids is 1. The largest absolute Gasteiger partial charge is 0.492 e. The number of nitrogens with two attached hydrogens (primary N) is 1. The molecule has 0 amide bonds. The lowest BCUT2D eigenvalue weighted by Gasteiger charge is -2.31. The molecule has 0 bridgehead atoms. The number of hydrogen-bond donors (Lipinski definition) is 2. The molecule has 4 heterocycles. The molecule has 0 fully saturated rings. The van der Waals surface area contributed by atoms with E-state index in [1.54, 1.807) is 17.6 Å². The van der Waals surface area contributed by atoms with Crippen molar-refractivity contribution in [3.05, 3.63) is 56.9 Å². The Morgan fingerprint density at radius 2 is 2.06 bits per heavy atom. The van der Waals surface area contributed by atoms with Crippen molar-refractivity contribution in [3.8, 4) is 17.1 Å². The van der Waals surface area contributed by atoms with Crippen LogP contribution in [0.3, 0.4) is 0 Å². The number of nitrogens with zero attached hydrogens (tertiary/aromatic N) is 2. The minimum absolute atomic E-state index is 0.117. The molecule has 1 aromatic carbocycles. The molecule has 2 aromatic heterocycles. The van der Waals surface area contributed by atoms with Gasteiger partial charge in [-0.25, -0.2) is 9.78 Å². The molecule has 0 unspecified atom stereocenters. The van der Waals surface area contributed by atoms with Gasteiger partial charge < -0.3 is 24.9 Å². The summed E-state index contributed by atoms with van der Waals surface area (Å²) in [4.78, 5) is 30.6. The quantitative estimate of drug-likeness (QED) is 0.460. The fraction of sp³-hybridized carbons (Fsp3) is 0.375. The first-order valence-corrected chi connectivity index (χ1v) is 10.9. The molecule has 0 spiro atoms. The van der Waals surface area contributed by atoms with Crippen LogP contribution in [-0.4, -0.2) is 33.8 Å². The van der Waals surface area contributed by atoms with E-state index >= 15 is 0 Å². The highest BCUT2D eigenvalue weighted by Crippen LogP contribution is 2.40. The van der Waals surface area contributed by atoms with E-state index in [1.807, 2.05) is 18.2 Å². The second-order valence-corrected chi connectivity index (χ2v) is 8.19. The molecule has 8 nitrogen and oxygen atoms in total. The van der Waals surface area contributed by atoms with E-state index in [0.29, 0.717) is 42.2 Å². The number of rotatable bonds is 5. The lowest BCUT2D eigenvalue weighted by molar-refractivity contribution is -0.172. The Morgan fingerprint density at radius 1 is 1.25 bits per heavy atom. The maximum atomic E-state index is 13.4. The summed E-state index contributed by atoms with van der Waals surface area (Å²) in [5, 5.41) is 12.0. The number of carbonyl (C=O) groups is 1. The van der Waals surface area contributed by atoms with Crippen molar-refractivity contribution in [3.63, 3.8) is 0 Å². The molecular formula is C24H25N3O5. The molecule has 5 rings (SSSR count). The molecule has 0 saturated heterocycles. The van der Waals surface area contributed by atoms with Gasteiger partial charge in [-0.15, -0.1) is 0 Å². The second kappa shape index (κ2) is 7.43. The van der Waals surface area contributed by atoms with Crippen molar-refractivity contribution >= 4 is 16.9 Å². The van der Waals surface area contributed by atoms with Crippen LogP contribution in [0.25, 0.3) is 22.3 Å².